The highest BCUT2D eigenvalue weighted by Gasteiger charge is 2.38. The van der Waals surface area contributed by atoms with Gasteiger partial charge in [-0.05, 0) is 33.2 Å². The first-order chi connectivity index (χ1) is 11.1. The topological polar surface area (TPSA) is 58.6 Å². The van der Waals surface area contributed by atoms with Crippen LogP contribution in [0.4, 0.5) is 0 Å². The Morgan fingerprint density at radius 3 is 2.91 bits per heavy atom. The molecule has 6 heteroatoms. The number of rotatable bonds is 2. The van der Waals surface area contributed by atoms with Crippen molar-refractivity contribution in [2.24, 2.45) is 0 Å². The highest BCUT2D eigenvalue weighted by molar-refractivity contribution is 5.95. The van der Waals surface area contributed by atoms with Crippen molar-refractivity contribution in [1.29, 1.82) is 0 Å². The number of likely N-dealkylation sites (N-methyl/N-ethyl adjacent to an activating group) is 1. The summed E-state index contributed by atoms with van der Waals surface area (Å²) in [7, 11) is 2.12. The lowest BCUT2D eigenvalue weighted by molar-refractivity contribution is -0.0893. The van der Waals surface area contributed by atoms with Gasteiger partial charge in [-0.15, -0.1) is 0 Å². The Kier molecular flexibility index (Phi) is 3.81. The van der Waals surface area contributed by atoms with Gasteiger partial charge in [-0.2, -0.15) is 0 Å². The van der Waals surface area contributed by atoms with Crippen LogP contribution in [0.25, 0.3) is 0 Å². The van der Waals surface area contributed by atoms with Crippen LogP contribution in [0, 0.1) is 6.92 Å². The molecule has 2 aliphatic heterocycles. The van der Waals surface area contributed by atoms with E-state index in [1.54, 1.807) is 6.20 Å². The number of amides is 1. The first kappa shape index (κ1) is 15.0. The highest BCUT2D eigenvalue weighted by Crippen LogP contribution is 2.40. The van der Waals surface area contributed by atoms with Crippen LogP contribution >= 0.6 is 0 Å². The van der Waals surface area contributed by atoms with E-state index in [1.165, 1.54) is 0 Å². The summed E-state index contributed by atoms with van der Waals surface area (Å²) in [6.45, 7) is 5.11. The Morgan fingerprint density at radius 2 is 2.13 bits per heavy atom. The van der Waals surface area contributed by atoms with E-state index in [4.69, 9.17) is 4.74 Å². The molecule has 0 radical (unpaired) electrons. The standard InChI is InChI=1S/C17H24N4O2/c1-11-18-9-13(16(19-11)12-3-4-12)17(22)21-6-5-15-14(10-21)20(2)7-8-23-15/h9,12,14-15H,3-8,10H2,1-2H3. The van der Waals surface area contributed by atoms with Gasteiger partial charge in [0, 0.05) is 31.7 Å². The second-order valence-electron chi connectivity index (χ2n) is 6.99. The van der Waals surface area contributed by atoms with Gasteiger partial charge in [0.15, 0.2) is 0 Å². The summed E-state index contributed by atoms with van der Waals surface area (Å²) in [6.07, 6.45) is 5.17. The number of nitrogens with zero attached hydrogens (tertiary/aromatic N) is 4. The van der Waals surface area contributed by atoms with Crippen molar-refractivity contribution in [3.8, 4) is 0 Å². The molecule has 3 aliphatic rings. The third kappa shape index (κ3) is 2.85. The number of hydrogen-bond acceptors (Lipinski definition) is 5. The number of likely N-dealkylation sites (tertiary alicyclic amines) is 1. The number of piperidine rings is 1. The molecule has 4 rings (SSSR count). The molecule has 1 aliphatic carbocycles. The Labute approximate surface area is 136 Å². The number of fused-ring (bicyclic) bond motifs is 1. The lowest BCUT2D eigenvalue weighted by Gasteiger charge is -2.45. The summed E-state index contributed by atoms with van der Waals surface area (Å²) in [4.78, 5) is 26.1. The van der Waals surface area contributed by atoms with Gasteiger partial charge < -0.3 is 9.64 Å². The Bertz CT molecular complexity index is 617. The molecule has 2 unspecified atom stereocenters. The molecule has 3 heterocycles. The maximum Gasteiger partial charge on any atom is 0.257 e. The predicted molar refractivity (Wildman–Crippen MR) is 85.4 cm³/mol. The van der Waals surface area contributed by atoms with Gasteiger partial charge in [-0.1, -0.05) is 0 Å². The number of morpholine rings is 1. The average Bonchev–Trinajstić information content (AvgIpc) is 3.39. The summed E-state index contributed by atoms with van der Waals surface area (Å²) >= 11 is 0. The molecule has 2 atom stereocenters. The first-order valence-electron chi connectivity index (χ1n) is 8.58. The van der Waals surface area contributed by atoms with Gasteiger partial charge in [0.1, 0.15) is 5.82 Å². The van der Waals surface area contributed by atoms with Crippen LogP contribution < -0.4 is 0 Å². The van der Waals surface area contributed by atoms with Crippen LogP contribution in [-0.4, -0.2) is 71.1 Å². The zero-order valence-electron chi connectivity index (χ0n) is 13.9. The van der Waals surface area contributed by atoms with E-state index in [9.17, 15) is 4.79 Å². The number of hydrogen-bond donors (Lipinski definition) is 0. The normalized spacial score (nSPS) is 28.5. The molecule has 23 heavy (non-hydrogen) atoms. The number of carbonyl (C=O) groups excluding carboxylic acids is 1. The van der Waals surface area contributed by atoms with Crippen molar-refractivity contribution in [1.82, 2.24) is 19.8 Å². The molecule has 1 aromatic heterocycles. The van der Waals surface area contributed by atoms with Gasteiger partial charge in [0.2, 0.25) is 0 Å². The van der Waals surface area contributed by atoms with Crippen LogP contribution in [0.5, 0.6) is 0 Å². The quantitative estimate of drug-likeness (QED) is 0.821. The molecular weight excluding hydrogens is 292 g/mol. The van der Waals surface area contributed by atoms with Crippen LogP contribution in [0.3, 0.4) is 0 Å². The number of ether oxygens (including phenoxy) is 1. The Balaban J connectivity index is 1.55. The minimum Gasteiger partial charge on any atom is -0.375 e. The molecule has 0 spiro atoms. The van der Waals surface area contributed by atoms with Gasteiger partial charge in [0.05, 0.1) is 30.0 Å². The molecule has 1 aromatic rings. The number of carbonyl (C=O) groups is 1. The fourth-order valence-corrected chi connectivity index (χ4v) is 3.72. The van der Waals surface area contributed by atoms with Crippen LogP contribution in [0.1, 0.15) is 47.1 Å². The van der Waals surface area contributed by atoms with Crippen LogP contribution in [0.2, 0.25) is 0 Å². The first-order valence-corrected chi connectivity index (χ1v) is 8.58. The third-order valence-electron chi connectivity index (χ3n) is 5.28. The van der Waals surface area contributed by atoms with E-state index in [2.05, 4.69) is 21.9 Å². The minimum absolute atomic E-state index is 0.0873. The fourth-order valence-electron chi connectivity index (χ4n) is 3.72. The van der Waals surface area contributed by atoms with Crippen molar-refractivity contribution >= 4 is 5.91 Å². The smallest absolute Gasteiger partial charge is 0.257 e. The minimum atomic E-state index is 0.0873. The second-order valence-corrected chi connectivity index (χ2v) is 6.99. The largest absolute Gasteiger partial charge is 0.375 e. The average molecular weight is 316 g/mol. The predicted octanol–water partition coefficient (Wildman–Crippen LogP) is 1.21. The lowest BCUT2D eigenvalue weighted by Crippen LogP contribution is -2.59. The molecule has 124 valence electrons. The highest BCUT2D eigenvalue weighted by atomic mass is 16.5. The van der Waals surface area contributed by atoms with E-state index in [1.807, 2.05) is 11.8 Å². The summed E-state index contributed by atoms with van der Waals surface area (Å²) in [6, 6.07) is 0.303. The number of aromatic nitrogens is 2. The molecular formula is C17H24N4O2. The molecule has 2 saturated heterocycles. The zero-order valence-corrected chi connectivity index (χ0v) is 13.9. The van der Waals surface area contributed by atoms with Gasteiger partial charge in [-0.25, -0.2) is 9.97 Å². The zero-order chi connectivity index (χ0) is 16.0. The van der Waals surface area contributed by atoms with Crippen molar-refractivity contribution in [2.75, 3.05) is 33.3 Å². The van der Waals surface area contributed by atoms with E-state index < -0.39 is 0 Å². The SMILES string of the molecule is Cc1ncc(C(=O)N2CCC3OCCN(C)C3C2)c(C2CC2)n1. The van der Waals surface area contributed by atoms with E-state index in [0.717, 1.165) is 57.0 Å². The van der Waals surface area contributed by atoms with Gasteiger partial charge >= 0.3 is 0 Å². The van der Waals surface area contributed by atoms with Crippen LogP contribution in [-0.2, 0) is 4.74 Å². The van der Waals surface area contributed by atoms with Gasteiger partial charge in [0.25, 0.3) is 5.91 Å². The molecule has 1 amide bonds. The van der Waals surface area contributed by atoms with Crippen molar-refractivity contribution in [3.63, 3.8) is 0 Å². The maximum atomic E-state index is 13.0. The molecule has 6 nitrogen and oxygen atoms in total. The fraction of sp³-hybridized carbons (Fsp3) is 0.706. The summed E-state index contributed by atoms with van der Waals surface area (Å²) < 4.78 is 5.87. The molecule has 1 saturated carbocycles. The van der Waals surface area contributed by atoms with Crippen molar-refractivity contribution in [3.05, 3.63) is 23.3 Å². The molecule has 0 N–H and O–H groups in total. The second kappa shape index (κ2) is 5.83. The number of aryl methyl sites for hydroxylation is 1. The molecule has 0 bridgehead atoms. The summed E-state index contributed by atoms with van der Waals surface area (Å²) in [5.41, 5.74) is 1.66. The van der Waals surface area contributed by atoms with E-state index >= 15 is 0 Å². The van der Waals surface area contributed by atoms with Crippen molar-refractivity contribution < 1.29 is 9.53 Å². The van der Waals surface area contributed by atoms with E-state index in [-0.39, 0.29) is 12.0 Å². The summed E-state index contributed by atoms with van der Waals surface area (Å²) in [5.74, 6) is 1.29. The summed E-state index contributed by atoms with van der Waals surface area (Å²) in [5, 5.41) is 0. The third-order valence-corrected chi connectivity index (χ3v) is 5.28. The Morgan fingerprint density at radius 1 is 1.30 bits per heavy atom. The Hall–Kier alpha value is -1.53. The lowest BCUT2D eigenvalue weighted by atomic mass is 9.98. The van der Waals surface area contributed by atoms with Crippen molar-refractivity contribution in [2.45, 2.75) is 44.2 Å². The monoisotopic (exact) mass is 316 g/mol. The van der Waals surface area contributed by atoms with E-state index in [0.29, 0.717) is 17.5 Å². The maximum absolute atomic E-state index is 13.0. The molecule has 0 aromatic carbocycles. The van der Waals surface area contributed by atoms with Crippen LogP contribution in [0.15, 0.2) is 6.20 Å². The van der Waals surface area contributed by atoms with Gasteiger partial charge in [-0.3, -0.25) is 9.69 Å². The molecule has 3 fully saturated rings.